The molecule has 1 rings (SSSR count). The van der Waals surface area contributed by atoms with Crippen molar-refractivity contribution in [3.05, 3.63) is 29.6 Å². The summed E-state index contributed by atoms with van der Waals surface area (Å²) in [4.78, 5) is 0. The first-order valence-corrected chi connectivity index (χ1v) is 5.57. The zero-order valence-electron chi connectivity index (χ0n) is 10.2. The molecule has 0 saturated heterocycles. The van der Waals surface area contributed by atoms with Crippen LogP contribution in [-0.2, 0) is 6.54 Å². The maximum atomic E-state index is 13.0. The third-order valence-corrected chi connectivity index (χ3v) is 2.44. The van der Waals surface area contributed by atoms with Crippen LogP contribution in [0.15, 0.2) is 18.2 Å². The van der Waals surface area contributed by atoms with Crippen LogP contribution in [0, 0.1) is 11.2 Å². The molecule has 0 bridgehead atoms. The molecule has 0 aromatic heterocycles. The highest BCUT2D eigenvalue weighted by atomic mass is 19.1. The lowest BCUT2D eigenvalue weighted by Crippen LogP contribution is -2.20. The van der Waals surface area contributed by atoms with Crippen molar-refractivity contribution in [1.82, 2.24) is 5.32 Å². The largest absolute Gasteiger partial charge is 0.505 e. The maximum absolute atomic E-state index is 13.0. The first kappa shape index (κ1) is 13.0. The fourth-order valence-corrected chi connectivity index (χ4v) is 1.39. The highest BCUT2D eigenvalue weighted by Crippen LogP contribution is 2.21. The van der Waals surface area contributed by atoms with Crippen LogP contribution in [0.2, 0.25) is 0 Å². The molecule has 0 saturated carbocycles. The van der Waals surface area contributed by atoms with Crippen LogP contribution < -0.4 is 5.32 Å². The second kappa shape index (κ2) is 5.30. The zero-order chi connectivity index (χ0) is 12.2. The smallest absolute Gasteiger partial charge is 0.165 e. The fourth-order valence-electron chi connectivity index (χ4n) is 1.39. The normalized spacial score (nSPS) is 11.8. The summed E-state index contributed by atoms with van der Waals surface area (Å²) < 4.78 is 13.0. The average molecular weight is 225 g/mol. The predicted molar refractivity (Wildman–Crippen MR) is 63.8 cm³/mol. The molecule has 2 nitrogen and oxygen atoms in total. The van der Waals surface area contributed by atoms with Crippen molar-refractivity contribution < 1.29 is 9.50 Å². The fraction of sp³-hybridized carbons (Fsp3) is 0.538. The van der Waals surface area contributed by atoms with Crippen molar-refractivity contribution in [2.45, 2.75) is 33.7 Å². The first-order chi connectivity index (χ1) is 7.40. The minimum absolute atomic E-state index is 0.245. The Morgan fingerprint density at radius 2 is 2.00 bits per heavy atom. The van der Waals surface area contributed by atoms with Crippen LogP contribution in [-0.4, -0.2) is 11.7 Å². The van der Waals surface area contributed by atoms with E-state index < -0.39 is 5.82 Å². The molecule has 0 fully saturated rings. The zero-order valence-corrected chi connectivity index (χ0v) is 10.2. The van der Waals surface area contributed by atoms with Crippen molar-refractivity contribution >= 4 is 0 Å². The second-order valence-electron chi connectivity index (χ2n) is 5.24. The highest BCUT2D eigenvalue weighted by molar-refractivity contribution is 5.33. The molecule has 0 spiro atoms. The minimum atomic E-state index is -0.560. The van der Waals surface area contributed by atoms with E-state index in [4.69, 9.17) is 0 Å². The maximum Gasteiger partial charge on any atom is 0.165 e. The molecule has 0 aliphatic carbocycles. The van der Waals surface area contributed by atoms with Gasteiger partial charge in [-0.1, -0.05) is 32.9 Å². The van der Waals surface area contributed by atoms with E-state index >= 15 is 0 Å². The molecule has 0 atom stereocenters. The van der Waals surface area contributed by atoms with Gasteiger partial charge in [-0.3, -0.25) is 0 Å². The Hall–Kier alpha value is -1.09. The molecular formula is C13H20FNO. The molecule has 2 N–H and O–H groups in total. The van der Waals surface area contributed by atoms with Crippen LogP contribution in [0.25, 0.3) is 0 Å². The Morgan fingerprint density at radius 3 is 2.62 bits per heavy atom. The monoisotopic (exact) mass is 225 g/mol. The summed E-state index contributed by atoms with van der Waals surface area (Å²) in [5.41, 5.74) is 0.894. The Kier molecular flexibility index (Phi) is 4.30. The molecule has 0 aliphatic rings. The topological polar surface area (TPSA) is 32.3 Å². The van der Waals surface area contributed by atoms with E-state index in [0.29, 0.717) is 12.1 Å². The number of benzene rings is 1. The number of phenolic OH excluding ortho intramolecular Hbond substituents is 1. The van der Waals surface area contributed by atoms with Crippen LogP contribution >= 0.6 is 0 Å². The molecule has 0 radical (unpaired) electrons. The van der Waals surface area contributed by atoms with Crippen molar-refractivity contribution in [3.63, 3.8) is 0 Å². The highest BCUT2D eigenvalue weighted by Gasteiger charge is 2.10. The first-order valence-electron chi connectivity index (χ1n) is 5.57. The van der Waals surface area contributed by atoms with Gasteiger partial charge >= 0.3 is 0 Å². The Bertz CT molecular complexity index is 344. The van der Waals surface area contributed by atoms with Gasteiger partial charge in [0.1, 0.15) is 0 Å². The average Bonchev–Trinajstić information content (AvgIpc) is 2.17. The number of phenols is 1. The van der Waals surface area contributed by atoms with E-state index in [1.54, 1.807) is 12.1 Å². The van der Waals surface area contributed by atoms with Gasteiger partial charge in [0.25, 0.3) is 0 Å². The Labute approximate surface area is 96.5 Å². The number of rotatable bonds is 4. The predicted octanol–water partition coefficient (Wildman–Crippen LogP) is 3.06. The van der Waals surface area contributed by atoms with Gasteiger partial charge in [-0.2, -0.15) is 0 Å². The lowest BCUT2D eigenvalue weighted by molar-refractivity contribution is 0.365. The summed E-state index contributed by atoms with van der Waals surface area (Å²) in [5, 5.41) is 12.6. The molecule has 1 aromatic rings. The van der Waals surface area contributed by atoms with Gasteiger partial charge in [0, 0.05) is 12.1 Å². The van der Waals surface area contributed by atoms with Gasteiger partial charge in [-0.15, -0.1) is 0 Å². The summed E-state index contributed by atoms with van der Waals surface area (Å²) in [6.07, 6.45) is 1.04. The summed E-state index contributed by atoms with van der Waals surface area (Å²) in [7, 11) is 0. The number of hydrogen-bond donors (Lipinski definition) is 2. The summed E-state index contributed by atoms with van der Waals surface area (Å²) in [6, 6.07) is 4.59. The molecule has 1 aromatic carbocycles. The lowest BCUT2D eigenvalue weighted by atomic mass is 9.92. The van der Waals surface area contributed by atoms with E-state index in [0.717, 1.165) is 13.0 Å². The van der Waals surface area contributed by atoms with Gasteiger partial charge in [-0.05, 0) is 24.4 Å². The SMILES string of the molecule is CC(C)(C)CCNCc1cccc(F)c1O. The van der Waals surface area contributed by atoms with Gasteiger partial charge in [0.05, 0.1) is 0 Å². The molecule has 0 aliphatic heterocycles. The third kappa shape index (κ3) is 4.19. The van der Waals surface area contributed by atoms with Crippen molar-refractivity contribution in [3.8, 4) is 5.75 Å². The molecule has 0 heterocycles. The van der Waals surface area contributed by atoms with Crippen LogP contribution in [0.5, 0.6) is 5.75 Å². The van der Waals surface area contributed by atoms with Crippen LogP contribution in [0.4, 0.5) is 4.39 Å². The van der Waals surface area contributed by atoms with Gasteiger partial charge < -0.3 is 10.4 Å². The third-order valence-electron chi connectivity index (χ3n) is 2.44. The van der Waals surface area contributed by atoms with E-state index in [2.05, 4.69) is 26.1 Å². The van der Waals surface area contributed by atoms with Crippen LogP contribution in [0.1, 0.15) is 32.8 Å². The van der Waals surface area contributed by atoms with Crippen molar-refractivity contribution in [1.29, 1.82) is 0 Å². The van der Waals surface area contributed by atoms with E-state index in [1.807, 2.05) is 0 Å². The van der Waals surface area contributed by atoms with Crippen molar-refractivity contribution in [2.75, 3.05) is 6.54 Å². The molecular weight excluding hydrogens is 205 g/mol. The van der Waals surface area contributed by atoms with Crippen LogP contribution in [0.3, 0.4) is 0 Å². The molecule has 0 unspecified atom stereocenters. The van der Waals surface area contributed by atoms with E-state index in [1.165, 1.54) is 6.07 Å². The number of para-hydroxylation sites is 1. The van der Waals surface area contributed by atoms with Gasteiger partial charge in [0.15, 0.2) is 11.6 Å². The number of halogens is 1. The van der Waals surface area contributed by atoms with Gasteiger partial charge in [-0.25, -0.2) is 4.39 Å². The number of hydrogen-bond acceptors (Lipinski definition) is 2. The van der Waals surface area contributed by atoms with E-state index in [-0.39, 0.29) is 11.2 Å². The Morgan fingerprint density at radius 1 is 1.31 bits per heavy atom. The molecule has 3 heteroatoms. The lowest BCUT2D eigenvalue weighted by Gasteiger charge is -2.18. The molecule has 90 valence electrons. The quantitative estimate of drug-likeness (QED) is 0.772. The Balaban J connectivity index is 2.41. The molecule has 0 amide bonds. The number of nitrogens with one attached hydrogen (secondary N) is 1. The summed E-state index contributed by atoms with van der Waals surface area (Å²) in [6.45, 7) is 7.89. The van der Waals surface area contributed by atoms with Gasteiger partial charge in [0.2, 0.25) is 0 Å². The standard InChI is InChI=1S/C13H20FNO/c1-13(2,3)7-8-15-9-10-5-4-6-11(14)12(10)16/h4-6,15-16H,7-9H2,1-3H3. The minimum Gasteiger partial charge on any atom is -0.505 e. The second-order valence-corrected chi connectivity index (χ2v) is 5.24. The molecule has 16 heavy (non-hydrogen) atoms. The van der Waals surface area contributed by atoms with Crippen molar-refractivity contribution in [2.24, 2.45) is 5.41 Å². The number of aromatic hydroxyl groups is 1. The van der Waals surface area contributed by atoms with E-state index in [9.17, 15) is 9.50 Å². The summed E-state index contributed by atoms with van der Waals surface area (Å²) in [5.74, 6) is -0.805. The summed E-state index contributed by atoms with van der Waals surface area (Å²) >= 11 is 0.